The summed E-state index contributed by atoms with van der Waals surface area (Å²) in [6.07, 6.45) is 6.02. The van der Waals surface area contributed by atoms with E-state index in [1.807, 2.05) is 17.4 Å². The fraction of sp³-hybridized carbons (Fsp3) is 0.107. The highest BCUT2D eigenvalue weighted by molar-refractivity contribution is 7.26. The van der Waals surface area contributed by atoms with Crippen molar-refractivity contribution in [1.29, 1.82) is 0 Å². The zero-order valence-corrected chi connectivity index (χ0v) is 33.0. The second-order valence-electron chi connectivity index (χ2n) is 16.2. The molecular formula is C56H41NS. The Balaban J connectivity index is 1.14. The molecule has 2 aliphatic carbocycles. The van der Waals surface area contributed by atoms with E-state index in [1.54, 1.807) is 0 Å². The van der Waals surface area contributed by atoms with Gasteiger partial charge in [0.05, 0.1) is 17.4 Å². The molecule has 9 aromatic carbocycles. The molecule has 1 fully saturated rings. The van der Waals surface area contributed by atoms with E-state index in [0.29, 0.717) is 6.04 Å². The molecule has 2 aliphatic rings. The topological polar surface area (TPSA) is 3.24 Å². The molecule has 276 valence electrons. The van der Waals surface area contributed by atoms with Crippen LogP contribution < -0.4 is 4.90 Å². The van der Waals surface area contributed by atoms with Crippen LogP contribution in [0.5, 0.6) is 0 Å². The van der Waals surface area contributed by atoms with Crippen LogP contribution >= 0.6 is 11.3 Å². The lowest BCUT2D eigenvalue weighted by molar-refractivity contribution is 0.355. The van der Waals surface area contributed by atoms with Gasteiger partial charge in [0, 0.05) is 32.1 Å². The summed E-state index contributed by atoms with van der Waals surface area (Å²) in [6.45, 7) is 0. The average Bonchev–Trinajstić information content (AvgIpc) is 3.80. The van der Waals surface area contributed by atoms with Gasteiger partial charge in [-0.25, -0.2) is 0 Å². The first kappa shape index (κ1) is 32.6. The molecule has 10 aromatic rings. The summed E-state index contributed by atoms with van der Waals surface area (Å²) >= 11 is 1.88. The summed E-state index contributed by atoms with van der Waals surface area (Å²) in [7, 11) is 0. The van der Waals surface area contributed by atoms with E-state index >= 15 is 0 Å². The number of hydrogen-bond donors (Lipinski definition) is 0. The smallest absolute Gasteiger partial charge is 0.0640 e. The molecule has 58 heavy (non-hydrogen) atoms. The first-order valence-corrected chi connectivity index (χ1v) is 21.5. The highest BCUT2D eigenvalue weighted by Crippen LogP contribution is 2.59. The largest absolute Gasteiger partial charge is 0.308 e. The molecule has 0 saturated heterocycles. The molecule has 1 nitrogen and oxygen atoms in total. The van der Waals surface area contributed by atoms with Gasteiger partial charge in [-0.1, -0.05) is 177 Å². The molecule has 0 unspecified atom stereocenters. The molecule has 0 bridgehead atoms. The molecule has 0 atom stereocenters. The number of nitrogens with zero attached hydrogens (tertiary/aromatic N) is 1. The lowest BCUT2D eigenvalue weighted by atomic mass is 9.67. The Bertz CT molecular complexity index is 3280. The molecule has 1 aromatic heterocycles. The fourth-order valence-corrected chi connectivity index (χ4v) is 11.9. The third-order valence-corrected chi connectivity index (χ3v) is 14.4. The number of fused-ring (bicyclic) bond motifs is 11. The Labute approximate surface area is 344 Å². The fourth-order valence-electron chi connectivity index (χ4n) is 10.7. The van der Waals surface area contributed by atoms with E-state index in [2.05, 4.69) is 181 Å². The number of hydrogen-bond acceptors (Lipinski definition) is 2. The summed E-state index contributed by atoms with van der Waals surface area (Å²) in [4.78, 5) is 2.55. The van der Waals surface area contributed by atoms with Gasteiger partial charge < -0.3 is 4.90 Å². The lowest BCUT2D eigenvalue weighted by Crippen LogP contribution is -2.28. The Hall–Kier alpha value is -6.48. The van der Waals surface area contributed by atoms with Crippen molar-refractivity contribution < 1.29 is 1.37 Å². The first-order valence-electron chi connectivity index (χ1n) is 21.2. The molecule has 1 heterocycles. The van der Waals surface area contributed by atoms with E-state index in [9.17, 15) is 0 Å². The van der Waals surface area contributed by atoms with E-state index in [-0.39, 0.29) is 5.41 Å². The third-order valence-electron chi connectivity index (χ3n) is 13.1. The van der Waals surface area contributed by atoms with Gasteiger partial charge in [-0.3, -0.25) is 0 Å². The van der Waals surface area contributed by atoms with Crippen LogP contribution in [0.1, 0.15) is 44.6 Å². The first-order chi connectivity index (χ1) is 29.2. The van der Waals surface area contributed by atoms with Gasteiger partial charge >= 0.3 is 0 Å². The Morgan fingerprint density at radius 1 is 0.483 bits per heavy atom. The van der Waals surface area contributed by atoms with Gasteiger partial charge in [-0.05, 0) is 104 Å². The summed E-state index contributed by atoms with van der Waals surface area (Å²) in [6, 6.07) is 67.8. The minimum Gasteiger partial charge on any atom is -0.308 e. The summed E-state index contributed by atoms with van der Waals surface area (Å²) < 4.78 is 11.5. The van der Waals surface area contributed by atoms with Crippen LogP contribution in [0.25, 0.3) is 75.1 Å². The maximum atomic E-state index is 8.87. The van der Waals surface area contributed by atoms with Crippen LogP contribution in [-0.2, 0) is 5.41 Å². The predicted octanol–water partition coefficient (Wildman–Crippen LogP) is 16.4. The Morgan fingerprint density at radius 2 is 1.19 bits per heavy atom. The number of thiophene rings is 1. The Kier molecular flexibility index (Phi) is 7.47. The van der Waals surface area contributed by atoms with Crippen LogP contribution in [-0.4, -0.2) is 0 Å². The van der Waals surface area contributed by atoms with Crippen molar-refractivity contribution in [2.45, 2.75) is 37.5 Å². The van der Waals surface area contributed by atoms with E-state index in [1.165, 1.54) is 106 Å². The van der Waals surface area contributed by atoms with Crippen LogP contribution in [0, 0.1) is 0 Å². The van der Waals surface area contributed by atoms with Gasteiger partial charge in [-0.2, -0.15) is 0 Å². The molecule has 0 aliphatic heterocycles. The minimum atomic E-state index is -0.0419. The lowest BCUT2D eigenvalue weighted by Gasteiger charge is -2.37. The maximum Gasteiger partial charge on any atom is 0.0640 e. The molecule has 0 radical (unpaired) electrons. The number of para-hydroxylation sites is 1. The quantitative estimate of drug-likeness (QED) is 0.169. The van der Waals surface area contributed by atoms with Gasteiger partial charge in [0.1, 0.15) is 0 Å². The van der Waals surface area contributed by atoms with Crippen LogP contribution in [0.3, 0.4) is 0 Å². The predicted molar refractivity (Wildman–Crippen MR) is 249 cm³/mol. The van der Waals surface area contributed by atoms with Crippen molar-refractivity contribution in [2.24, 2.45) is 0 Å². The van der Waals surface area contributed by atoms with Crippen molar-refractivity contribution in [3.8, 4) is 33.4 Å². The van der Waals surface area contributed by atoms with Crippen molar-refractivity contribution in [1.82, 2.24) is 0 Å². The van der Waals surface area contributed by atoms with E-state index < -0.39 is 0 Å². The standard InChI is InChI=1S/C56H41NS/c1-3-16-37(17-4-1)41-24-13-19-39-20-14-25-45(53(39)41)43-22-7-9-27-50(43)57(51-28-15-26-47-44-23-8-10-29-52(44)58-55(47)51)40-31-33-49-48(36-40)46-32-30-38-18-5-6-21-42(38)54(46)56(49)34-11-2-12-35-56/h1,3-10,13-33,36H,2,11-12,34-35H2/i18D. The second kappa shape index (κ2) is 13.3. The SMILES string of the molecule is [2H]c1cccc2c3c(ccc12)-c1cc(N(c2ccccc2-c2cccc4cccc(-c5ccccc5)c24)c2cccc4c2sc2ccccc24)ccc1C31CCCCC1. The second-order valence-corrected chi connectivity index (χ2v) is 17.2. The molecular weight excluding hydrogens is 719 g/mol. The van der Waals surface area contributed by atoms with Crippen LogP contribution in [0.15, 0.2) is 188 Å². The number of anilines is 3. The van der Waals surface area contributed by atoms with Gasteiger partial charge in [-0.15, -0.1) is 11.3 Å². The van der Waals surface area contributed by atoms with E-state index in [4.69, 9.17) is 1.37 Å². The van der Waals surface area contributed by atoms with Crippen LogP contribution in [0.4, 0.5) is 17.1 Å². The maximum absolute atomic E-state index is 8.87. The molecule has 12 rings (SSSR count). The normalized spacial score (nSPS) is 14.6. The molecule has 0 N–H and O–H groups in total. The van der Waals surface area contributed by atoms with Crippen molar-refractivity contribution in [2.75, 3.05) is 4.90 Å². The summed E-state index contributed by atoms with van der Waals surface area (Å²) in [5.41, 5.74) is 13.9. The highest BCUT2D eigenvalue weighted by Gasteiger charge is 2.45. The molecule has 1 spiro atoms. The minimum absolute atomic E-state index is 0.0419. The summed E-state index contributed by atoms with van der Waals surface area (Å²) in [5, 5.41) is 7.38. The van der Waals surface area contributed by atoms with Crippen LogP contribution in [0.2, 0.25) is 0 Å². The van der Waals surface area contributed by atoms with Gasteiger partial charge in [0.15, 0.2) is 0 Å². The molecule has 0 amide bonds. The van der Waals surface area contributed by atoms with Gasteiger partial charge in [0.2, 0.25) is 0 Å². The van der Waals surface area contributed by atoms with E-state index in [0.717, 1.165) is 29.6 Å². The zero-order valence-electron chi connectivity index (χ0n) is 33.2. The third kappa shape index (κ3) is 5.01. The van der Waals surface area contributed by atoms with Crippen molar-refractivity contribution in [3.63, 3.8) is 0 Å². The summed E-state index contributed by atoms with van der Waals surface area (Å²) in [5.74, 6) is 0. The van der Waals surface area contributed by atoms with Crippen molar-refractivity contribution in [3.05, 3.63) is 199 Å². The Morgan fingerprint density at radius 3 is 2.09 bits per heavy atom. The zero-order chi connectivity index (χ0) is 39.1. The number of benzene rings is 9. The monoisotopic (exact) mass is 760 g/mol. The molecule has 1 saturated carbocycles. The number of rotatable bonds is 5. The molecule has 2 heteroatoms. The highest BCUT2D eigenvalue weighted by atomic mass is 32.1. The average molecular weight is 761 g/mol. The van der Waals surface area contributed by atoms with Crippen molar-refractivity contribution >= 4 is 70.1 Å². The van der Waals surface area contributed by atoms with Gasteiger partial charge in [0.25, 0.3) is 0 Å².